The minimum atomic E-state index is 0.590. The molecule has 1 aromatic carbocycles. The Balaban J connectivity index is 1.83. The molecule has 1 aromatic rings. The fraction of sp³-hybridized carbons (Fsp3) is 0.647. The second-order valence-electron chi connectivity index (χ2n) is 6.21. The van der Waals surface area contributed by atoms with Crippen molar-refractivity contribution in [1.29, 1.82) is 0 Å². The Labute approximate surface area is 118 Å². The van der Waals surface area contributed by atoms with Crippen LogP contribution in [0.1, 0.15) is 32.3 Å². The van der Waals surface area contributed by atoms with Crippen molar-refractivity contribution < 1.29 is 0 Å². The molecule has 1 aliphatic rings. The van der Waals surface area contributed by atoms with Gasteiger partial charge in [-0.05, 0) is 43.2 Å². The molecular weight excluding hydrogens is 232 g/mol. The van der Waals surface area contributed by atoms with Gasteiger partial charge in [0.2, 0.25) is 0 Å². The van der Waals surface area contributed by atoms with Gasteiger partial charge in [0.15, 0.2) is 0 Å². The van der Waals surface area contributed by atoms with Crippen LogP contribution in [0.15, 0.2) is 30.3 Å². The maximum atomic E-state index is 5.97. The maximum Gasteiger partial charge on any atom is 0.0244 e. The Bertz CT molecular complexity index is 363. The monoisotopic (exact) mass is 260 g/mol. The predicted molar refractivity (Wildman–Crippen MR) is 82.1 cm³/mol. The van der Waals surface area contributed by atoms with Gasteiger partial charge in [-0.3, -0.25) is 4.90 Å². The van der Waals surface area contributed by atoms with Gasteiger partial charge in [0.25, 0.3) is 0 Å². The van der Waals surface area contributed by atoms with Crippen LogP contribution in [0, 0.1) is 11.8 Å². The van der Waals surface area contributed by atoms with E-state index in [0.717, 1.165) is 18.4 Å². The van der Waals surface area contributed by atoms with E-state index in [0.29, 0.717) is 6.04 Å². The first kappa shape index (κ1) is 14.5. The molecule has 0 bridgehead atoms. The maximum absolute atomic E-state index is 5.97. The van der Waals surface area contributed by atoms with Gasteiger partial charge >= 0.3 is 0 Å². The zero-order valence-electron chi connectivity index (χ0n) is 12.4. The second-order valence-corrected chi connectivity index (χ2v) is 6.21. The minimum Gasteiger partial charge on any atom is -0.329 e. The lowest BCUT2D eigenvalue weighted by Gasteiger charge is -2.42. The third-order valence-corrected chi connectivity index (χ3v) is 4.44. The highest BCUT2D eigenvalue weighted by Gasteiger charge is 2.30. The summed E-state index contributed by atoms with van der Waals surface area (Å²) in [7, 11) is 0. The highest BCUT2D eigenvalue weighted by Crippen LogP contribution is 2.26. The van der Waals surface area contributed by atoms with Gasteiger partial charge in [0, 0.05) is 19.1 Å². The first-order chi connectivity index (χ1) is 9.20. The highest BCUT2D eigenvalue weighted by molar-refractivity contribution is 5.14. The zero-order chi connectivity index (χ0) is 13.7. The first-order valence-corrected chi connectivity index (χ1v) is 7.68. The predicted octanol–water partition coefficient (Wildman–Crippen LogP) is 2.92. The van der Waals surface area contributed by atoms with Gasteiger partial charge in [-0.1, -0.05) is 44.2 Å². The van der Waals surface area contributed by atoms with Crippen LogP contribution in [0.5, 0.6) is 0 Å². The van der Waals surface area contributed by atoms with E-state index in [1.165, 1.54) is 37.9 Å². The van der Waals surface area contributed by atoms with Crippen LogP contribution in [0.2, 0.25) is 0 Å². The molecule has 0 radical (unpaired) electrons. The average Bonchev–Trinajstić information content (AvgIpc) is 2.39. The molecule has 1 aliphatic heterocycles. The summed E-state index contributed by atoms with van der Waals surface area (Å²) in [4.78, 5) is 2.63. The van der Waals surface area contributed by atoms with E-state index in [-0.39, 0.29) is 0 Å². The van der Waals surface area contributed by atoms with Crippen LogP contribution >= 0.6 is 0 Å². The molecule has 0 aliphatic carbocycles. The van der Waals surface area contributed by atoms with Gasteiger partial charge in [-0.2, -0.15) is 0 Å². The molecule has 2 nitrogen and oxygen atoms in total. The molecule has 0 saturated carbocycles. The Morgan fingerprint density at radius 2 is 1.95 bits per heavy atom. The van der Waals surface area contributed by atoms with Gasteiger partial charge in [-0.25, -0.2) is 0 Å². The van der Waals surface area contributed by atoms with E-state index in [2.05, 4.69) is 49.1 Å². The van der Waals surface area contributed by atoms with Crippen LogP contribution in [-0.2, 0) is 6.42 Å². The highest BCUT2D eigenvalue weighted by atomic mass is 15.2. The van der Waals surface area contributed by atoms with Gasteiger partial charge < -0.3 is 5.73 Å². The van der Waals surface area contributed by atoms with E-state index >= 15 is 0 Å². The largest absolute Gasteiger partial charge is 0.329 e. The number of rotatable bonds is 5. The fourth-order valence-corrected chi connectivity index (χ4v) is 3.53. The standard InChI is InChI=1S/C17H28N2/c1-14-11-15(2)17(12-18)19(13-14)10-6-9-16-7-4-3-5-8-16/h3-5,7-8,14-15,17H,6,9-13,18H2,1-2H3. The molecule has 106 valence electrons. The Hall–Kier alpha value is -0.860. The minimum absolute atomic E-state index is 0.590. The van der Waals surface area contributed by atoms with E-state index in [9.17, 15) is 0 Å². The van der Waals surface area contributed by atoms with E-state index in [1.54, 1.807) is 0 Å². The average molecular weight is 260 g/mol. The summed E-state index contributed by atoms with van der Waals surface area (Å²) in [6.07, 6.45) is 3.74. The molecule has 0 spiro atoms. The molecule has 2 N–H and O–H groups in total. The molecule has 0 amide bonds. The molecule has 1 fully saturated rings. The lowest BCUT2D eigenvalue weighted by Crippen LogP contribution is -2.51. The number of aryl methyl sites for hydroxylation is 1. The SMILES string of the molecule is CC1CC(C)C(CN)N(CCCc2ccccc2)C1. The number of hydrogen-bond acceptors (Lipinski definition) is 2. The molecule has 2 heteroatoms. The third-order valence-electron chi connectivity index (χ3n) is 4.44. The normalized spacial score (nSPS) is 28.5. The number of piperidine rings is 1. The van der Waals surface area contributed by atoms with Crippen LogP contribution in [0.4, 0.5) is 0 Å². The van der Waals surface area contributed by atoms with Crippen molar-refractivity contribution in [3.63, 3.8) is 0 Å². The van der Waals surface area contributed by atoms with Crippen molar-refractivity contribution in [3.05, 3.63) is 35.9 Å². The van der Waals surface area contributed by atoms with Crippen molar-refractivity contribution in [1.82, 2.24) is 4.90 Å². The van der Waals surface area contributed by atoms with Crippen LogP contribution < -0.4 is 5.73 Å². The summed E-state index contributed by atoms with van der Waals surface area (Å²) in [6.45, 7) is 7.94. The molecule has 0 aromatic heterocycles. The van der Waals surface area contributed by atoms with Crippen LogP contribution in [0.25, 0.3) is 0 Å². The quantitative estimate of drug-likeness (QED) is 0.882. The first-order valence-electron chi connectivity index (χ1n) is 7.68. The van der Waals surface area contributed by atoms with Crippen molar-refractivity contribution in [2.45, 2.75) is 39.2 Å². The number of nitrogens with zero attached hydrogens (tertiary/aromatic N) is 1. The Morgan fingerprint density at radius 1 is 1.21 bits per heavy atom. The summed E-state index contributed by atoms with van der Waals surface area (Å²) in [5.74, 6) is 1.56. The molecule has 3 atom stereocenters. The van der Waals surface area contributed by atoms with Crippen LogP contribution in [-0.4, -0.2) is 30.6 Å². The smallest absolute Gasteiger partial charge is 0.0244 e. The summed E-state index contributed by atoms with van der Waals surface area (Å²) >= 11 is 0. The van der Waals surface area contributed by atoms with E-state index in [1.807, 2.05) is 0 Å². The van der Waals surface area contributed by atoms with Gasteiger partial charge in [-0.15, -0.1) is 0 Å². The number of likely N-dealkylation sites (tertiary alicyclic amines) is 1. The van der Waals surface area contributed by atoms with Gasteiger partial charge in [0.05, 0.1) is 0 Å². The molecule has 3 unspecified atom stereocenters. The number of benzene rings is 1. The Morgan fingerprint density at radius 3 is 2.63 bits per heavy atom. The molecule has 2 rings (SSSR count). The molecule has 1 heterocycles. The number of hydrogen-bond donors (Lipinski definition) is 1. The number of nitrogens with two attached hydrogens (primary N) is 1. The Kier molecular flexibility index (Phi) is 5.41. The topological polar surface area (TPSA) is 29.3 Å². The van der Waals surface area contributed by atoms with Gasteiger partial charge in [0.1, 0.15) is 0 Å². The third kappa shape index (κ3) is 4.05. The van der Waals surface area contributed by atoms with E-state index < -0.39 is 0 Å². The molecule has 1 saturated heterocycles. The van der Waals surface area contributed by atoms with Crippen molar-refractivity contribution >= 4 is 0 Å². The summed E-state index contributed by atoms with van der Waals surface area (Å²) in [6, 6.07) is 11.4. The van der Waals surface area contributed by atoms with Crippen molar-refractivity contribution in [3.8, 4) is 0 Å². The molecular formula is C17H28N2. The summed E-state index contributed by atoms with van der Waals surface area (Å²) in [5, 5.41) is 0. The van der Waals surface area contributed by atoms with Crippen molar-refractivity contribution in [2.75, 3.05) is 19.6 Å². The summed E-state index contributed by atoms with van der Waals surface area (Å²) < 4.78 is 0. The lowest BCUT2D eigenvalue weighted by atomic mass is 9.85. The second kappa shape index (κ2) is 7.06. The summed E-state index contributed by atoms with van der Waals surface area (Å²) in [5.41, 5.74) is 7.42. The fourth-order valence-electron chi connectivity index (χ4n) is 3.53. The molecule has 19 heavy (non-hydrogen) atoms. The van der Waals surface area contributed by atoms with Crippen LogP contribution in [0.3, 0.4) is 0 Å². The van der Waals surface area contributed by atoms with Crippen molar-refractivity contribution in [2.24, 2.45) is 17.6 Å². The lowest BCUT2D eigenvalue weighted by molar-refractivity contribution is 0.0727. The zero-order valence-corrected chi connectivity index (χ0v) is 12.4. The van der Waals surface area contributed by atoms with E-state index in [4.69, 9.17) is 5.73 Å².